The first-order valence-corrected chi connectivity index (χ1v) is 10.2. The molecule has 6 nitrogen and oxygen atoms in total. The van der Waals surface area contributed by atoms with E-state index in [1.165, 1.54) is 5.57 Å². The van der Waals surface area contributed by atoms with Crippen LogP contribution >= 0.6 is 0 Å². The fourth-order valence-electron chi connectivity index (χ4n) is 6.33. The van der Waals surface area contributed by atoms with Gasteiger partial charge in [0.1, 0.15) is 11.9 Å². The number of hydrogen-bond donors (Lipinski definition) is 3. The number of likely N-dealkylation sites (tertiary alicyclic amines) is 1. The lowest BCUT2D eigenvalue weighted by atomic mass is 9.48. The number of amides is 1. The van der Waals surface area contributed by atoms with Crippen molar-refractivity contribution in [2.45, 2.75) is 68.8 Å². The molecule has 2 fully saturated rings. The van der Waals surface area contributed by atoms with Crippen LogP contribution in [0, 0.1) is 0 Å². The van der Waals surface area contributed by atoms with Crippen LogP contribution in [0.25, 0.3) is 0 Å². The Hall–Kier alpha value is -1.89. The van der Waals surface area contributed by atoms with Gasteiger partial charge in [-0.2, -0.15) is 0 Å². The Labute approximate surface area is 165 Å². The van der Waals surface area contributed by atoms with Crippen molar-refractivity contribution in [3.63, 3.8) is 0 Å². The van der Waals surface area contributed by atoms with Crippen molar-refractivity contribution in [2.75, 3.05) is 13.1 Å². The third kappa shape index (κ3) is 2.06. The molecule has 1 saturated heterocycles. The zero-order valence-corrected chi connectivity index (χ0v) is 16.4. The molecular weight excluding hydrogens is 356 g/mol. The summed E-state index contributed by atoms with van der Waals surface area (Å²) in [6.07, 6.45) is 3.44. The average molecular weight is 384 g/mol. The summed E-state index contributed by atoms with van der Waals surface area (Å²) in [7, 11) is 0. The normalized spacial score (nSPS) is 37.8. The van der Waals surface area contributed by atoms with E-state index in [4.69, 9.17) is 10.5 Å². The van der Waals surface area contributed by atoms with Crippen molar-refractivity contribution in [3.05, 3.63) is 40.5 Å². The molecule has 2 aliphatic carbocycles. The summed E-state index contributed by atoms with van der Waals surface area (Å²) in [5.74, 6) is -0.0421. The van der Waals surface area contributed by atoms with E-state index in [0.717, 1.165) is 24.2 Å². The molecule has 4 N–H and O–H groups in total. The van der Waals surface area contributed by atoms with Gasteiger partial charge in [0.25, 0.3) is 5.91 Å². The molecule has 6 heteroatoms. The first-order chi connectivity index (χ1) is 13.3. The van der Waals surface area contributed by atoms with Gasteiger partial charge >= 0.3 is 0 Å². The Kier molecular flexibility index (Phi) is 3.77. The van der Waals surface area contributed by atoms with Gasteiger partial charge in [-0.25, -0.2) is 0 Å². The van der Waals surface area contributed by atoms with Gasteiger partial charge in [0, 0.05) is 18.2 Å². The Bertz CT molecular complexity index is 893. The Morgan fingerprint density at radius 3 is 2.89 bits per heavy atom. The van der Waals surface area contributed by atoms with Crippen LogP contribution in [-0.4, -0.2) is 58.0 Å². The lowest BCUT2D eigenvalue weighted by Crippen LogP contribution is -2.77. The second kappa shape index (κ2) is 5.81. The minimum atomic E-state index is -0.987. The van der Waals surface area contributed by atoms with Crippen LogP contribution in [0.2, 0.25) is 0 Å². The van der Waals surface area contributed by atoms with Gasteiger partial charge in [0.15, 0.2) is 0 Å². The zero-order valence-electron chi connectivity index (χ0n) is 16.4. The van der Waals surface area contributed by atoms with Gasteiger partial charge in [-0.15, -0.1) is 0 Å². The number of aliphatic hydroxyl groups is 2. The summed E-state index contributed by atoms with van der Waals surface area (Å²) >= 11 is 0. The molecule has 4 aliphatic rings. The van der Waals surface area contributed by atoms with E-state index in [2.05, 4.69) is 24.8 Å². The van der Waals surface area contributed by atoms with Crippen molar-refractivity contribution in [3.8, 4) is 5.75 Å². The zero-order chi connectivity index (χ0) is 19.8. The fourth-order valence-corrected chi connectivity index (χ4v) is 6.33. The topological polar surface area (TPSA) is 96.0 Å². The third-order valence-corrected chi connectivity index (χ3v) is 7.56. The number of piperidine rings is 1. The quantitative estimate of drug-likeness (QED) is 0.682. The largest absolute Gasteiger partial charge is 0.486 e. The van der Waals surface area contributed by atoms with E-state index in [1.807, 2.05) is 6.07 Å². The van der Waals surface area contributed by atoms with Gasteiger partial charge in [-0.3, -0.25) is 9.69 Å². The molecule has 1 aromatic rings. The number of carbonyl (C=O) groups excluding carboxylic acids is 1. The maximum Gasteiger partial charge on any atom is 0.252 e. The number of benzene rings is 1. The van der Waals surface area contributed by atoms with E-state index < -0.39 is 29.1 Å². The Morgan fingerprint density at radius 1 is 1.39 bits per heavy atom. The molecule has 1 unspecified atom stereocenters. The highest BCUT2D eigenvalue weighted by Crippen LogP contribution is 2.64. The number of hydrogen-bond acceptors (Lipinski definition) is 5. The van der Waals surface area contributed by atoms with Crippen LogP contribution in [0.1, 0.15) is 54.6 Å². The molecule has 28 heavy (non-hydrogen) atoms. The number of carbonyl (C=O) groups is 1. The molecule has 2 bridgehead atoms. The van der Waals surface area contributed by atoms with Crippen molar-refractivity contribution >= 4 is 5.91 Å². The molecule has 1 spiro atoms. The highest BCUT2D eigenvalue weighted by molar-refractivity contribution is 5.97. The molecule has 1 saturated carbocycles. The maximum absolute atomic E-state index is 12.1. The molecule has 150 valence electrons. The standard InChI is InChI=1S/C22H28N2O4/c1-12(2)6-9-24-10-8-21-17-13-3-4-14(20(23)26)18(17)28-19(21)15(25)5-7-22(21,27)16(24)11-13/h3-4,6,15-16,19,25,27H,5,7-11H2,1-2H3,(H2,23,26)/t15-,16-,19+,21?,22-/m1/s1. The SMILES string of the molecule is CC(C)=CCN1CCC23c4c5ccc(C(N)=O)c4O[C@H]2[C@H](O)CC[C@@]3(O)[C@H]1C5. The van der Waals surface area contributed by atoms with E-state index in [-0.39, 0.29) is 6.04 Å². The number of nitrogens with zero attached hydrogens (tertiary/aromatic N) is 1. The van der Waals surface area contributed by atoms with E-state index >= 15 is 0 Å². The first kappa shape index (κ1) is 18.2. The van der Waals surface area contributed by atoms with Crippen molar-refractivity contribution < 1.29 is 19.7 Å². The molecule has 2 aliphatic heterocycles. The molecular formula is C22H28N2O4. The second-order valence-corrected chi connectivity index (χ2v) is 9.13. The predicted octanol–water partition coefficient (Wildman–Crippen LogP) is 1.27. The van der Waals surface area contributed by atoms with Crippen LogP contribution < -0.4 is 10.5 Å². The number of allylic oxidation sites excluding steroid dienone is 1. The number of primary amides is 1. The molecule has 2 heterocycles. The Balaban J connectivity index is 1.71. The number of rotatable bonds is 3. The summed E-state index contributed by atoms with van der Waals surface area (Å²) in [4.78, 5) is 14.4. The molecule has 5 atom stereocenters. The van der Waals surface area contributed by atoms with E-state index in [9.17, 15) is 15.0 Å². The van der Waals surface area contributed by atoms with E-state index in [1.54, 1.807) is 6.07 Å². The van der Waals surface area contributed by atoms with Gasteiger partial charge < -0.3 is 20.7 Å². The fraction of sp³-hybridized carbons (Fsp3) is 0.591. The maximum atomic E-state index is 12.1. The highest BCUT2D eigenvalue weighted by atomic mass is 16.5. The van der Waals surface area contributed by atoms with Crippen LogP contribution in [0.5, 0.6) is 5.75 Å². The number of aliphatic hydroxyl groups excluding tert-OH is 1. The van der Waals surface area contributed by atoms with Crippen LogP contribution in [0.15, 0.2) is 23.8 Å². The van der Waals surface area contributed by atoms with Gasteiger partial charge in [0.2, 0.25) is 0 Å². The summed E-state index contributed by atoms with van der Waals surface area (Å²) in [5.41, 5.74) is 7.58. The summed E-state index contributed by atoms with van der Waals surface area (Å²) in [6, 6.07) is 3.66. The number of nitrogens with two attached hydrogens (primary N) is 1. The second-order valence-electron chi connectivity index (χ2n) is 9.13. The van der Waals surface area contributed by atoms with Gasteiger partial charge in [-0.1, -0.05) is 17.7 Å². The smallest absolute Gasteiger partial charge is 0.252 e. The molecule has 0 radical (unpaired) electrons. The van der Waals surface area contributed by atoms with Crippen molar-refractivity contribution in [2.24, 2.45) is 5.73 Å². The van der Waals surface area contributed by atoms with Crippen LogP contribution in [-0.2, 0) is 11.8 Å². The average Bonchev–Trinajstić information content (AvgIpc) is 2.98. The van der Waals surface area contributed by atoms with Gasteiger partial charge in [-0.05, 0) is 57.7 Å². The van der Waals surface area contributed by atoms with Crippen molar-refractivity contribution in [1.29, 1.82) is 0 Å². The van der Waals surface area contributed by atoms with Gasteiger partial charge in [0.05, 0.1) is 22.7 Å². The monoisotopic (exact) mass is 384 g/mol. The summed E-state index contributed by atoms with van der Waals surface area (Å²) < 4.78 is 6.24. The molecule has 0 aromatic heterocycles. The molecule has 5 rings (SSSR count). The summed E-state index contributed by atoms with van der Waals surface area (Å²) in [6.45, 7) is 5.81. The number of ether oxygens (including phenoxy) is 1. The minimum Gasteiger partial charge on any atom is -0.486 e. The Morgan fingerprint density at radius 2 is 2.18 bits per heavy atom. The predicted molar refractivity (Wildman–Crippen MR) is 104 cm³/mol. The molecule has 1 amide bonds. The lowest BCUT2D eigenvalue weighted by molar-refractivity contribution is -0.206. The first-order valence-electron chi connectivity index (χ1n) is 10.2. The van der Waals surface area contributed by atoms with Crippen LogP contribution in [0.4, 0.5) is 0 Å². The van der Waals surface area contributed by atoms with E-state index in [0.29, 0.717) is 37.0 Å². The third-order valence-electron chi connectivity index (χ3n) is 7.56. The van der Waals surface area contributed by atoms with Crippen molar-refractivity contribution in [1.82, 2.24) is 4.90 Å². The minimum absolute atomic E-state index is 0.0340. The van der Waals surface area contributed by atoms with Crippen LogP contribution in [0.3, 0.4) is 0 Å². The highest BCUT2D eigenvalue weighted by Gasteiger charge is 2.72. The molecule has 1 aromatic carbocycles. The lowest BCUT2D eigenvalue weighted by Gasteiger charge is -2.63. The summed E-state index contributed by atoms with van der Waals surface area (Å²) in [5, 5.41) is 22.9.